The molecule has 1 aromatic heterocycles. The molecule has 1 atom stereocenters. The van der Waals surface area contributed by atoms with Crippen LogP contribution in [-0.2, 0) is 9.53 Å². The summed E-state index contributed by atoms with van der Waals surface area (Å²) in [5, 5.41) is 3.77. The van der Waals surface area contributed by atoms with Crippen LogP contribution in [0.1, 0.15) is 46.3 Å². The van der Waals surface area contributed by atoms with Crippen LogP contribution in [0.2, 0.25) is 0 Å². The predicted octanol–water partition coefficient (Wildman–Crippen LogP) is 2.81. The highest BCUT2D eigenvalue weighted by Gasteiger charge is 2.32. The molecule has 0 N–H and O–H groups in total. The first-order chi connectivity index (χ1) is 11.6. The highest BCUT2D eigenvalue weighted by molar-refractivity contribution is 5.94. The summed E-state index contributed by atoms with van der Waals surface area (Å²) in [6.07, 6.45) is 1.00. The van der Waals surface area contributed by atoms with E-state index >= 15 is 0 Å². The average molecular weight is 328 g/mol. The van der Waals surface area contributed by atoms with Gasteiger partial charge in [-0.2, -0.15) is 0 Å². The molecule has 6 nitrogen and oxygen atoms in total. The van der Waals surface area contributed by atoms with Gasteiger partial charge in [0, 0.05) is 18.7 Å². The van der Waals surface area contributed by atoms with Crippen LogP contribution in [0, 0.1) is 13.8 Å². The van der Waals surface area contributed by atoms with Crippen LogP contribution >= 0.6 is 0 Å². The van der Waals surface area contributed by atoms with Crippen molar-refractivity contribution in [3.63, 3.8) is 0 Å². The fourth-order valence-corrected chi connectivity index (χ4v) is 2.93. The number of nitrogens with zero attached hydrogens (tertiary/aromatic N) is 2. The van der Waals surface area contributed by atoms with Gasteiger partial charge in [-0.3, -0.25) is 4.79 Å². The topological polar surface area (TPSA) is 72.6 Å². The molecule has 0 aliphatic carbocycles. The molecule has 126 valence electrons. The molecule has 6 heteroatoms. The Kier molecular flexibility index (Phi) is 4.64. The Bertz CT molecular complexity index is 713. The first kappa shape index (κ1) is 16.2. The summed E-state index contributed by atoms with van der Waals surface area (Å²) < 4.78 is 10.6. The van der Waals surface area contributed by atoms with Crippen molar-refractivity contribution >= 4 is 11.9 Å². The SMILES string of the molecule is Cc1noc(C)c1C(=O)OC(C(=O)N1CCCC1)c1ccccc1. The third kappa shape index (κ3) is 3.18. The second-order valence-electron chi connectivity index (χ2n) is 5.93. The van der Waals surface area contributed by atoms with E-state index in [0.717, 1.165) is 12.8 Å². The van der Waals surface area contributed by atoms with Crippen molar-refractivity contribution in [2.45, 2.75) is 32.8 Å². The molecule has 1 saturated heterocycles. The molecule has 0 radical (unpaired) electrons. The minimum absolute atomic E-state index is 0.182. The Labute approximate surface area is 140 Å². The third-order valence-corrected chi connectivity index (χ3v) is 4.21. The van der Waals surface area contributed by atoms with E-state index in [-0.39, 0.29) is 11.5 Å². The van der Waals surface area contributed by atoms with Crippen molar-refractivity contribution in [2.24, 2.45) is 0 Å². The minimum atomic E-state index is -0.953. The van der Waals surface area contributed by atoms with Gasteiger partial charge in [0.05, 0.1) is 5.69 Å². The number of carbonyl (C=O) groups is 2. The highest BCUT2D eigenvalue weighted by Crippen LogP contribution is 2.25. The molecule has 2 aromatic rings. The summed E-state index contributed by atoms with van der Waals surface area (Å²) in [7, 11) is 0. The number of amides is 1. The zero-order valence-corrected chi connectivity index (χ0v) is 13.8. The molecule has 1 aromatic carbocycles. The molecule has 24 heavy (non-hydrogen) atoms. The first-order valence-corrected chi connectivity index (χ1v) is 8.05. The molecule has 1 amide bonds. The average Bonchev–Trinajstić information content (AvgIpc) is 3.23. The van der Waals surface area contributed by atoms with Gasteiger partial charge in [0.2, 0.25) is 6.10 Å². The van der Waals surface area contributed by atoms with E-state index in [9.17, 15) is 9.59 Å². The number of carbonyl (C=O) groups excluding carboxylic acids is 2. The molecule has 1 unspecified atom stereocenters. The van der Waals surface area contributed by atoms with Gasteiger partial charge in [0.15, 0.2) is 0 Å². The Balaban J connectivity index is 1.87. The van der Waals surface area contributed by atoms with Crippen LogP contribution in [0.3, 0.4) is 0 Å². The van der Waals surface area contributed by atoms with E-state index in [1.54, 1.807) is 30.9 Å². The zero-order valence-electron chi connectivity index (χ0n) is 13.8. The Hall–Kier alpha value is -2.63. The number of likely N-dealkylation sites (tertiary alicyclic amines) is 1. The lowest BCUT2D eigenvalue weighted by Crippen LogP contribution is -2.35. The van der Waals surface area contributed by atoms with Crippen molar-refractivity contribution in [3.05, 3.63) is 52.9 Å². The molecule has 1 aliphatic heterocycles. The number of aromatic nitrogens is 1. The van der Waals surface area contributed by atoms with Crippen molar-refractivity contribution in [2.75, 3.05) is 13.1 Å². The van der Waals surface area contributed by atoms with Crippen molar-refractivity contribution in [1.29, 1.82) is 0 Å². The fourth-order valence-electron chi connectivity index (χ4n) is 2.93. The van der Waals surface area contributed by atoms with Gasteiger partial charge < -0.3 is 14.2 Å². The van der Waals surface area contributed by atoms with Gasteiger partial charge in [-0.25, -0.2) is 4.79 Å². The number of benzene rings is 1. The van der Waals surface area contributed by atoms with Crippen LogP contribution in [0.4, 0.5) is 0 Å². The van der Waals surface area contributed by atoms with Crippen molar-refractivity contribution in [1.82, 2.24) is 10.1 Å². The molecule has 0 spiro atoms. The Morgan fingerprint density at radius 2 is 1.83 bits per heavy atom. The normalized spacial score (nSPS) is 15.3. The third-order valence-electron chi connectivity index (χ3n) is 4.21. The maximum absolute atomic E-state index is 12.8. The molecule has 2 heterocycles. The lowest BCUT2D eigenvalue weighted by Gasteiger charge is -2.23. The number of rotatable bonds is 4. The number of aryl methyl sites for hydroxylation is 2. The van der Waals surface area contributed by atoms with Crippen molar-refractivity contribution < 1.29 is 18.8 Å². The lowest BCUT2D eigenvalue weighted by molar-refractivity contribution is -0.140. The van der Waals surface area contributed by atoms with E-state index in [0.29, 0.717) is 30.1 Å². The molecular formula is C18H20N2O4. The van der Waals surface area contributed by atoms with Gasteiger partial charge in [-0.1, -0.05) is 35.5 Å². The van der Waals surface area contributed by atoms with Gasteiger partial charge >= 0.3 is 5.97 Å². The lowest BCUT2D eigenvalue weighted by atomic mass is 10.1. The second kappa shape index (κ2) is 6.86. The summed E-state index contributed by atoms with van der Waals surface area (Å²) in [5.41, 5.74) is 1.40. The Morgan fingerprint density at radius 3 is 2.42 bits per heavy atom. The van der Waals surface area contributed by atoms with Crippen LogP contribution in [0.5, 0.6) is 0 Å². The summed E-state index contributed by atoms with van der Waals surface area (Å²) in [4.78, 5) is 27.1. The number of ether oxygens (including phenoxy) is 1. The van der Waals surface area contributed by atoms with E-state index < -0.39 is 12.1 Å². The fraction of sp³-hybridized carbons (Fsp3) is 0.389. The first-order valence-electron chi connectivity index (χ1n) is 8.05. The summed E-state index contributed by atoms with van der Waals surface area (Å²) in [5.74, 6) is -0.385. The van der Waals surface area contributed by atoms with E-state index in [2.05, 4.69) is 5.16 Å². The standard InChI is InChI=1S/C18H20N2O4/c1-12-15(13(2)24-19-12)18(22)23-16(14-8-4-3-5-9-14)17(21)20-10-6-7-11-20/h3-5,8-9,16H,6-7,10-11H2,1-2H3. The van der Waals surface area contributed by atoms with E-state index in [4.69, 9.17) is 9.26 Å². The summed E-state index contributed by atoms with van der Waals surface area (Å²) >= 11 is 0. The van der Waals surface area contributed by atoms with E-state index in [1.807, 2.05) is 18.2 Å². The monoisotopic (exact) mass is 328 g/mol. The van der Waals surface area contributed by atoms with Gasteiger partial charge in [-0.05, 0) is 26.7 Å². The number of hydrogen-bond donors (Lipinski definition) is 0. The molecule has 1 aliphatic rings. The maximum atomic E-state index is 12.8. The van der Waals surface area contributed by atoms with Gasteiger partial charge in [0.25, 0.3) is 5.91 Å². The van der Waals surface area contributed by atoms with Crippen molar-refractivity contribution in [3.8, 4) is 0 Å². The van der Waals surface area contributed by atoms with Crippen LogP contribution in [0.15, 0.2) is 34.9 Å². The molecule has 3 rings (SSSR count). The molecule has 0 saturated carbocycles. The molecule has 0 bridgehead atoms. The highest BCUT2D eigenvalue weighted by atomic mass is 16.6. The number of esters is 1. The van der Waals surface area contributed by atoms with Crippen LogP contribution in [-0.4, -0.2) is 35.0 Å². The van der Waals surface area contributed by atoms with Gasteiger partial charge in [0.1, 0.15) is 11.3 Å². The maximum Gasteiger partial charge on any atom is 0.344 e. The smallest absolute Gasteiger partial charge is 0.344 e. The molecule has 1 fully saturated rings. The summed E-state index contributed by atoms with van der Waals surface area (Å²) in [6.45, 7) is 4.72. The minimum Gasteiger partial charge on any atom is -0.444 e. The zero-order chi connectivity index (χ0) is 17.1. The largest absolute Gasteiger partial charge is 0.444 e. The predicted molar refractivity (Wildman–Crippen MR) is 86.4 cm³/mol. The quantitative estimate of drug-likeness (QED) is 0.807. The summed E-state index contributed by atoms with van der Waals surface area (Å²) in [6, 6.07) is 9.09. The van der Waals surface area contributed by atoms with Crippen LogP contribution < -0.4 is 0 Å². The molecular weight excluding hydrogens is 308 g/mol. The van der Waals surface area contributed by atoms with Crippen LogP contribution in [0.25, 0.3) is 0 Å². The second-order valence-corrected chi connectivity index (χ2v) is 5.93. The van der Waals surface area contributed by atoms with E-state index in [1.165, 1.54) is 0 Å². The van der Waals surface area contributed by atoms with Gasteiger partial charge in [-0.15, -0.1) is 0 Å². The Morgan fingerprint density at radius 1 is 1.17 bits per heavy atom. The number of hydrogen-bond acceptors (Lipinski definition) is 5.